The molecule has 0 aromatic heterocycles. The molecule has 3 rings (SSSR count). The Morgan fingerprint density at radius 2 is 1.65 bits per heavy atom. The van der Waals surface area contributed by atoms with Gasteiger partial charge in [-0.3, -0.25) is 4.79 Å². The highest BCUT2D eigenvalue weighted by molar-refractivity contribution is 7.89. The highest BCUT2D eigenvalue weighted by atomic mass is 35.5. The Morgan fingerprint density at radius 1 is 0.971 bits per heavy atom. The molecule has 1 amide bonds. The number of hydrogen-bond acceptors (Lipinski definition) is 3. The van der Waals surface area contributed by atoms with Crippen molar-refractivity contribution >= 4 is 44.8 Å². The van der Waals surface area contributed by atoms with E-state index in [1.807, 2.05) is 0 Å². The van der Waals surface area contributed by atoms with Gasteiger partial charge in [0, 0.05) is 23.8 Å². The summed E-state index contributed by atoms with van der Waals surface area (Å²) in [6, 6.07) is 12.3. The van der Waals surface area contributed by atoms with Crippen molar-refractivity contribution in [1.29, 1.82) is 0 Å². The van der Waals surface area contributed by atoms with Crippen molar-refractivity contribution in [3.63, 3.8) is 0 Å². The number of carbonyl (C=O) groups excluding carboxylic acids is 1. The standard InChI is InChI=1S/C22H16Cl2F4N2O3S/c23-15-4-9-19(20(24)13-15)21(31)30(17-7-5-16(25)6-8-17)11-10-29-34(32,33)18-3-1-2-14(12-18)22(26,27)28/h1-9,12-13,29H,10-11H2. The molecule has 3 aromatic rings. The topological polar surface area (TPSA) is 66.5 Å². The van der Waals surface area contributed by atoms with E-state index >= 15 is 0 Å². The van der Waals surface area contributed by atoms with Gasteiger partial charge in [-0.25, -0.2) is 17.5 Å². The van der Waals surface area contributed by atoms with Crippen molar-refractivity contribution in [1.82, 2.24) is 4.72 Å². The molecule has 0 bridgehead atoms. The number of sulfonamides is 1. The lowest BCUT2D eigenvalue weighted by atomic mass is 10.1. The molecule has 5 nitrogen and oxygen atoms in total. The molecule has 0 aliphatic carbocycles. The maximum absolute atomic E-state index is 13.4. The van der Waals surface area contributed by atoms with E-state index in [2.05, 4.69) is 4.72 Å². The molecule has 0 heterocycles. The average molecular weight is 535 g/mol. The van der Waals surface area contributed by atoms with E-state index < -0.39 is 38.4 Å². The van der Waals surface area contributed by atoms with Crippen LogP contribution in [0.1, 0.15) is 15.9 Å². The number of amides is 1. The van der Waals surface area contributed by atoms with E-state index in [0.717, 1.165) is 35.2 Å². The lowest BCUT2D eigenvalue weighted by Crippen LogP contribution is -2.39. The zero-order valence-electron chi connectivity index (χ0n) is 17.1. The number of nitrogens with zero attached hydrogens (tertiary/aromatic N) is 1. The van der Waals surface area contributed by atoms with Gasteiger partial charge in [-0.2, -0.15) is 13.2 Å². The summed E-state index contributed by atoms with van der Waals surface area (Å²) >= 11 is 12.0. The first-order chi connectivity index (χ1) is 15.9. The Labute approximate surface area is 203 Å². The van der Waals surface area contributed by atoms with Crippen molar-refractivity contribution in [3.05, 3.63) is 93.7 Å². The highest BCUT2D eigenvalue weighted by Crippen LogP contribution is 2.30. The zero-order valence-corrected chi connectivity index (χ0v) is 19.4. The number of rotatable bonds is 7. The molecule has 0 radical (unpaired) electrons. The first-order valence-electron chi connectivity index (χ1n) is 9.58. The maximum atomic E-state index is 13.4. The minimum absolute atomic E-state index is 0.0501. The number of anilines is 1. The van der Waals surface area contributed by atoms with Crippen LogP contribution in [0.5, 0.6) is 0 Å². The van der Waals surface area contributed by atoms with Gasteiger partial charge in [-0.1, -0.05) is 29.3 Å². The van der Waals surface area contributed by atoms with Gasteiger partial charge >= 0.3 is 6.18 Å². The Balaban J connectivity index is 1.83. The second-order valence-electron chi connectivity index (χ2n) is 6.98. The van der Waals surface area contributed by atoms with Crippen molar-refractivity contribution < 1.29 is 30.8 Å². The number of nitrogens with one attached hydrogen (secondary N) is 1. The summed E-state index contributed by atoms with van der Waals surface area (Å²) in [5.41, 5.74) is -0.803. The third-order valence-corrected chi connectivity index (χ3v) is 6.65. The van der Waals surface area contributed by atoms with E-state index in [-0.39, 0.29) is 29.4 Å². The van der Waals surface area contributed by atoms with E-state index in [9.17, 15) is 30.8 Å². The van der Waals surface area contributed by atoms with Crippen molar-refractivity contribution in [2.24, 2.45) is 0 Å². The molecule has 12 heteroatoms. The van der Waals surface area contributed by atoms with Crippen molar-refractivity contribution in [2.45, 2.75) is 11.1 Å². The van der Waals surface area contributed by atoms with Crippen LogP contribution in [0.15, 0.2) is 71.6 Å². The molecule has 0 saturated carbocycles. The number of carbonyl (C=O) groups is 1. The molecular formula is C22H16Cl2F4N2O3S. The van der Waals surface area contributed by atoms with Gasteiger partial charge in [0.05, 0.1) is 21.0 Å². The maximum Gasteiger partial charge on any atom is 0.416 e. The molecule has 0 unspecified atom stereocenters. The van der Waals surface area contributed by atoms with E-state index in [1.165, 1.54) is 30.3 Å². The smallest absolute Gasteiger partial charge is 0.307 e. The van der Waals surface area contributed by atoms with Crippen LogP contribution >= 0.6 is 23.2 Å². The van der Waals surface area contributed by atoms with Gasteiger partial charge < -0.3 is 4.90 Å². The molecule has 3 aromatic carbocycles. The fourth-order valence-electron chi connectivity index (χ4n) is 2.99. The summed E-state index contributed by atoms with van der Waals surface area (Å²) < 4.78 is 79.4. The third-order valence-electron chi connectivity index (χ3n) is 4.64. The summed E-state index contributed by atoms with van der Waals surface area (Å²) in [7, 11) is -4.32. The van der Waals surface area contributed by atoms with Gasteiger partial charge in [0.2, 0.25) is 10.0 Å². The predicted octanol–water partition coefficient (Wildman–Crippen LogP) is 5.78. The van der Waals surface area contributed by atoms with Crippen LogP contribution in [-0.4, -0.2) is 27.4 Å². The minimum Gasteiger partial charge on any atom is -0.307 e. The third kappa shape index (κ3) is 6.26. The predicted molar refractivity (Wildman–Crippen MR) is 121 cm³/mol. The largest absolute Gasteiger partial charge is 0.416 e. The summed E-state index contributed by atoms with van der Waals surface area (Å²) in [5, 5.41) is 0.345. The van der Waals surface area contributed by atoms with Gasteiger partial charge in [0.15, 0.2) is 0 Å². The number of alkyl halides is 3. The Bertz CT molecular complexity index is 1300. The second-order valence-corrected chi connectivity index (χ2v) is 9.59. The molecule has 0 atom stereocenters. The average Bonchev–Trinajstić information content (AvgIpc) is 2.77. The number of halogens is 6. The zero-order chi connectivity index (χ0) is 25.1. The van der Waals surface area contributed by atoms with Crippen molar-refractivity contribution in [3.8, 4) is 0 Å². The van der Waals surface area contributed by atoms with Gasteiger partial charge in [0.1, 0.15) is 5.82 Å². The number of benzene rings is 3. The van der Waals surface area contributed by atoms with Gasteiger partial charge in [0.25, 0.3) is 5.91 Å². The normalized spacial score (nSPS) is 11.9. The summed E-state index contributed by atoms with van der Waals surface area (Å²) in [6.07, 6.45) is -4.71. The van der Waals surface area contributed by atoms with Crippen LogP contribution in [0.25, 0.3) is 0 Å². The quantitative estimate of drug-likeness (QED) is 0.391. The van der Waals surface area contributed by atoms with Crippen LogP contribution in [0.2, 0.25) is 10.0 Å². The highest BCUT2D eigenvalue weighted by Gasteiger charge is 2.31. The van der Waals surface area contributed by atoms with Crippen LogP contribution in [0.4, 0.5) is 23.2 Å². The molecule has 0 saturated heterocycles. The van der Waals surface area contributed by atoms with Crippen LogP contribution in [0, 0.1) is 5.82 Å². The van der Waals surface area contributed by atoms with Crippen LogP contribution in [0.3, 0.4) is 0 Å². The van der Waals surface area contributed by atoms with Crippen LogP contribution in [-0.2, 0) is 16.2 Å². The van der Waals surface area contributed by atoms with Crippen LogP contribution < -0.4 is 9.62 Å². The molecule has 0 spiro atoms. The molecular weight excluding hydrogens is 519 g/mol. The molecule has 0 aliphatic heterocycles. The summed E-state index contributed by atoms with van der Waals surface area (Å²) in [4.78, 5) is 13.7. The minimum atomic E-state index is -4.71. The van der Waals surface area contributed by atoms with E-state index in [0.29, 0.717) is 11.1 Å². The van der Waals surface area contributed by atoms with Crippen molar-refractivity contribution in [2.75, 3.05) is 18.0 Å². The Morgan fingerprint density at radius 3 is 2.26 bits per heavy atom. The Hall–Kier alpha value is -2.66. The fourth-order valence-corrected chi connectivity index (χ4v) is 4.55. The molecule has 180 valence electrons. The first-order valence-corrected chi connectivity index (χ1v) is 11.8. The van der Waals surface area contributed by atoms with Gasteiger partial charge in [-0.05, 0) is 60.7 Å². The lowest BCUT2D eigenvalue weighted by molar-refractivity contribution is -0.137. The van der Waals surface area contributed by atoms with Gasteiger partial charge in [-0.15, -0.1) is 0 Å². The lowest BCUT2D eigenvalue weighted by Gasteiger charge is -2.24. The second kappa shape index (κ2) is 10.3. The summed E-state index contributed by atoms with van der Waals surface area (Å²) in [6.45, 7) is -0.589. The Kier molecular flexibility index (Phi) is 7.87. The molecule has 0 fully saturated rings. The number of hydrogen-bond donors (Lipinski definition) is 1. The molecule has 34 heavy (non-hydrogen) atoms. The monoisotopic (exact) mass is 534 g/mol. The fraction of sp³-hybridized carbons (Fsp3) is 0.136. The SMILES string of the molecule is O=C(c1ccc(Cl)cc1Cl)N(CCNS(=O)(=O)c1cccc(C(F)(F)F)c1)c1ccc(F)cc1. The summed E-state index contributed by atoms with van der Waals surface area (Å²) in [5.74, 6) is -1.17. The molecule has 1 N–H and O–H groups in total. The molecule has 0 aliphatic rings. The first kappa shape index (κ1) is 26.0. The van der Waals surface area contributed by atoms with E-state index in [4.69, 9.17) is 23.2 Å². The van der Waals surface area contributed by atoms with E-state index in [1.54, 1.807) is 0 Å².